The highest BCUT2D eigenvalue weighted by atomic mass is 32.2. The van der Waals surface area contributed by atoms with Gasteiger partial charge in [-0.1, -0.05) is 6.07 Å². The van der Waals surface area contributed by atoms with Crippen LogP contribution in [-0.4, -0.2) is 8.76 Å². The fourth-order valence-corrected chi connectivity index (χ4v) is 1.08. The zero-order valence-corrected chi connectivity index (χ0v) is 6.84. The number of nitrogens with one attached hydrogen (secondary N) is 1. The second-order valence-electron chi connectivity index (χ2n) is 2.04. The van der Waals surface area contributed by atoms with E-state index in [9.17, 15) is 4.21 Å². The van der Waals surface area contributed by atoms with Gasteiger partial charge in [0.2, 0.25) is 0 Å². The van der Waals surface area contributed by atoms with Gasteiger partial charge in [0.25, 0.3) is 11.3 Å². The Balaban J connectivity index is 2.88. The van der Waals surface area contributed by atoms with Crippen molar-refractivity contribution < 1.29 is 8.76 Å². The molecule has 0 aliphatic heterocycles. The molecule has 1 rings (SSSR count). The Hall–Kier alpha value is -1.38. The third kappa shape index (κ3) is 2.34. The molecule has 1 aromatic carbocycles. The fraction of sp³-hybridized carbons (Fsp3) is 0. The Morgan fingerprint density at radius 3 is 2.92 bits per heavy atom. The van der Waals surface area contributed by atoms with Crippen molar-refractivity contribution in [2.75, 3.05) is 4.72 Å². The van der Waals surface area contributed by atoms with E-state index in [2.05, 4.69) is 4.72 Å². The standard InChI is InChI=1S/C7H6N2O2S/c8-5-6-2-1-3-7(4-6)9-12(10)11/h1-4,9H,(H,10,11). The van der Waals surface area contributed by atoms with Crippen LogP contribution in [0.2, 0.25) is 0 Å². The topological polar surface area (TPSA) is 73.1 Å². The summed E-state index contributed by atoms with van der Waals surface area (Å²) in [4.78, 5) is 0. The van der Waals surface area contributed by atoms with Gasteiger partial charge in [-0.3, -0.25) is 9.27 Å². The Morgan fingerprint density at radius 2 is 2.33 bits per heavy atom. The molecule has 1 unspecified atom stereocenters. The number of hydrogen-bond acceptors (Lipinski definition) is 2. The third-order valence-electron chi connectivity index (χ3n) is 1.20. The van der Waals surface area contributed by atoms with Crippen LogP contribution >= 0.6 is 0 Å². The van der Waals surface area contributed by atoms with E-state index < -0.39 is 11.3 Å². The Bertz CT molecular complexity index is 346. The van der Waals surface area contributed by atoms with Gasteiger partial charge in [-0.15, -0.1) is 0 Å². The Morgan fingerprint density at radius 1 is 1.58 bits per heavy atom. The highest BCUT2D eigenvalue weighted by Gasteiger charge is 1.95. The van der Waals surface area contributed by atoms with Gasteiger partial charge < -0.3 is 0 Å². The summed E-state index contributed by atoms with van der Waals surface area (Å²) in [6.45, 7) is 0. The van der Waals surface area contributed by atoms with Crippen LogP contribution in [0.15, 0.2) is 24.3 Å². The summed E-state index contributed by atoms with van der Waals surface area (Å²) in [6, 6.07) is 8.27. The van der Waals surface area contributed by atoms with E-state index in [1.165, 1.54) is 6.07 Å². The summed E-state index contributed by atoms with van der Waals surface area (Å²) >= 11 is -2.09. The molecular weight excluding hydrogens is 176 g/mol. The first-order valence-corrected chi connectivity index (χ1v) is 4.21. The third-order valence-corrected chi connectivity index (χ3v) is 1.61. The number of hydrogen-bond donors (Lipinski definition) is 2. The van der Waals surface area contributed by atoms with Gasteiger partial charge in [0.05, 0.1) is 11.6 Å². The van der Waals surface area contributed by atoms with Crippen LogP contribution < -0.4 is 4.72 Å². The van der Waals surface area contributed by atoms with Crippen molar-refractivity contribution in [3.63, 3.8) is 0 Å². The number of benzene rings is 1. The minimum atomic E-state index is -2.09. The molecule has 12 heavy (non-hydrogen) atoms. The second kappa shape index (κ2) is 3.85. The van der Waals surface area contributed by atoms with E-state index in [1.54, 1.807) is 18.2 Å². The summed E-state index contributed by atoms with van der Waals surface area (Å²) in [6.07, 6.45) is 0. The summed E-state index contributed by atoms with van der Waals surface area (Å²) in [7, 11) is 0. The maximum absolute atomic E-state index is 10.3. The van der Waals surface area contributed by atoms with E-state index in [1.807, 2.05) is 6.07 Å². The predicted molar refractivity (Wildman–Crippen MR) is 45.6 cm³/mol. The number of anilines is 1. The van der Waals surface area contributed by atoms with Gasteiger partial charge in [-0.2, -0.15) is 5.26 Å². The molecule has 0 aliphatic rings. The van der Waals surface area contributed by atoms with Crippen LogP contribution in [-0.2, 0) is 11.3 Å². The predicted octanol–water partition coefficient (Wildman–Crippen LogP) is 1.11. The zero-order valence-electron chi connectivity index (χ0n) is 6.02. The lowest BCUT2D eigenvalue weighted by Crippen LogP contribution is -2.01. The van der Waals surface area contributed by atoms with Gasteiger partial charge in [0.1, 0.15) is 0 Å². The molecule has 0 aliphatic carbocycles. The maximum atomic E-state index is 10.3. The van der Waals surface area contributed by atoms with Crippen LogP contribution in [0.5, 0.6) is 0 Å². The lowest BCUT2D eigenvalue weighted by atomic mass is 10.2. The highest BCUT2D eigenvalue weighted by molar-refractivity contribution is 7.80. The lowest BCUT2D eigenvalue weighted by molar-refractivity contribution is 0.570. The van der Waals surface area contributed by atoms with E-state index in [0.717, 1.165) is 0 Å². The molecule has 0 saturated carbocycles. The van der Waals surface area contributed by atoms with E-state index in [-0.39, 0.29) is 0 Å². The SMILES string of the molecule is N#Cc1cccc(NS(=O)O)c1. The summed E-state index contributed by atoms with van der Waals surface area (Å²) in [5, 5.41) is 8.48. The number of nitrogens with zero attached hydrogens (tertiary/aromatic N) is 1. The molecule has 0 fully saturated rings. The minimum absolute atomic E-state index is 0.449. The first kappa shape index (κ1) is 8.71. The number of rotatable bonds is 2. The van der Waals surface area contributed by atoms with Gasteiger partial charge in [0.15, 0.2) is 0 Å². The monoisotopic (exact) mass is 182 g/mol. The second-order valence-corrected chi connectivity index (χ2v) is 2.75. The number of nitriles is 1. The largest absolute Gasteiger partial charge is 0.289 e. The van der Waals surface area contributed by atoms with Gasteiger partial charge >= 0.3 is 0 Å². The van der Waals surface area contributed by atoms with Crippen molar-refractivity contribution in [3.8, 4) is 6.07 Å². The van der Waals surface area contributed by atoms with Crippen molar-refractivity contribution >= 4 is 17.0 Å². The average Bonchev–Trinajstić information content (AvgIpc) is 2.03. The minimum Gasteiger partial charge on any atom is -0.289 e. The van der Waals surface area contributed by atoms with E-state index in [0.29, 0.717) is 11.3 Å². The molecule has 5 heteroatoms. The summed E-state index contributed by atoms with van der Waals surface area (Å²) in [5.41, 5.74) is 0.903. The molecule has 0 amide bonds. The molecule has 2 N–H and O–H groups in total. The van der Waals surface area contributed by atoms with Crippen LogP contribution in [0.4, 0.5) is 5.69 Å². The molecule has 1 atom stereocenters. The van der Waals surface area contributed by atoms with Gasteiger partial charge in [-0.05, 0) is 18.2 Å². The normalized spacial score (nSPS) is 11.7. The molecule has 0 radical (unpaired) electrons. The lowest BCUT2D eigenvalue weighted by Gasteiger charge is -1.99. The quantitative estimate of drug-likeness (QED) is 0.673. The average molecular weight is 182 g/mol. The smallest absolute Gasteiger partial charge is 0.259 e. The van der Waals surface area contributed by atoms with Crippen LogP contribution in [0, 0.1) is 11.3 Å². The summed E-state index contributed by atoms with van der Waals surface area (Å²) in [5.74, 6) is 0. The zero-order chi connectivity index (χ0) is 8.97. The highest BCUT2D eigenvalue weighted by Crippen LogP contribution is 2.09. The van der Waals surface area contributed by atoms with Gasteiger partial charge in [0, 0.05) is 5.69 Å². The maximum Gasteiger partial charge on any atom is 0.259 e. The van der Waals surface area contributed by atoms with Crippen molar-refractivity contribution in [2.45, 2.75) is 0 Å². The first-order valence-electron chi connectivity index (χ1n) is 3.10. The molecule has 0 aromatic heterocycles. The molecule has 62 valence electrons. The fourth-order valence-electron chi connectivity index (χ4n) is 0.753. The van der Waals surface area contributed by atoms with Crippen molar-refractivity contribution in [1.82, 2.24) is 0 Å². The van der Waals surface area contributed by atoms with Crippen LogP contribution in [0.3, 0.4) is 0 Å². The molecule has 1 aromatic rings. The molecule has 0 bridgehead atoms. The summed E-state index contributed by atoms with van der Waals surface area (Å²) < 4.78 is 21.0. The van der Waals surface area contributed by atoms with E-state index >= 15 is 0 Å². The van der Waals surface area contributed by atoms with Crippen molar-refractivity contribution in [1.29, 1.82) is 5.26 Å². The molecule has 0 heterocycles. The van der Waals surface area contributed by atoms with Crippen LogP contribution in [0.1, 0.15) is 5.56 Å². The molecule has 4 nitrogen and oxygen atoms in total. The Kier molecular flexibility index (Phi) is 2.80. The van der Waals surface area contributed by atoms with E-state index in [4.69, 9.17) is 9.81 Å². The first-order chi connectivity index (χ1) is 5.72. The molecule has 0 spiro atoms. The Labute approximate surface area is 72.3 Å². The van der Waals surface area contributed by atoms with Gasteiger partial charge in [-0.25, -0.2) is 4.21 Å². The van der Waals surface area contributed by atoms with Crippen molar-refractivity contribution in [2.24, 2.45) is 0 Å². The van der Waals surface area contributed by atoms with Crippen LogP contribution in [0.25, 0.3) is 0 Å². The van der Waals surface area contributed by atoms with Crippen molar-refractivity contribution in [3.05, 3.63) is 29.8 Å². The molecule has 0 saturated heterocycles. The molecular formula is C7H6N2O2S.